The predicted molar refractivity (Wildman–Crippen MR) is 113 cm³/mol. The van der Waals surface area contributed by atoms with E-state index in [1.807, 2.05) is 0 Å². The molecular formula is C17H18Cl3N7O4. The van der Waals surface area contributed by atoms with Gasteiger partial charge in [-0.05, 0) is 31.4 Å². The van der Waals surface area contributed by atoms with Gasteiger partial charge in [-0.1, -0.05) is 11.6 Å². The van der Waals surface area contributed by atoms with E-state index in [0.717, 1.165) is 12.8 Å². The van der Waals surface area contributed by atoms with Crippen molar-refractivity contribution in [1.29, 1.82) is 0 Å². The Balaban J connectivity index is 1.50. The molecule has 1 fully saturated rings. The standard InChI is InChI=1S/C17H18Cl3N7O4/c1-9-13(27(28)29)16(24-26(9)11-2-4-30-5-3-11)31-8-10(18)7-25-15-12(14(19)23-25)6-21-17(20)22-15/h6,10-11H,2-5,7-8H2,1H3. The number of hydrogen-bond donors (Lipinski definition) is 0. The minimum absolute atomic E-state index is 0.0265. The molecule has 31 heavy (non-hydrogen) atoms. The molecule has 0 spiro atoms. The lowest BCUT2D eigenvalue weighted by Crippen LogP contribution is -2.22. The van der Waals surface area contributed by atoms with Crippen molar-refractivity contribution in [1.82, 2.24) is 29.5 Å². The van der Waals surface area contributed by atoms with Crippen LogP contribution < -0.4 is 4.74 Å². The molecule has 14 heteroatoms. The van der Waals surface area contributed by atoms with Crippen LogP contribution in [0.25, 0.3) is 11.0 Å². The molecule has 0 saturated carbocycles. The predicted octanol–water partition coefficient (Wildman–Crippen LogP) is 3.58. The van der Waals surface area contributed by atoms with Crippen LogP contribution in [0.5, 0.6) is 5.88 Å². The summed E-state index contributed by atoms with van der Waals surface area (Å²) in [7, 11) is 0. The van der Waals surface area contributed by atoms with Crippen LogP contribution in [0.2, 0.25) is 10.4 Å². The van der Waals surface area contributed by atoms with Crippen LogP contribution in [-0.2, 0) is 11.3 Å². The molecule has 166 valence electrons. The van der Waals surface area contributed by atoms with Crippen LogP contribution in [0.3, 0.4) is 0 Å². The molecule has 1 aliphatic heterocycles. The summed E-state index contributed by atoms with van der Waals surface area (Å²) in [5.74, 6) is -0.0617. The Morgan fingerprint density at radius 1 is 1.35 bits per heavy atom. The van der Waals surface area contributed by atoms with Gasteiger partial charge >= 0.3 is 11.6 Å². The summed E-state index contributed by atoms with van der Waals surface area (Å²) in [4.78, 5) is 19.1. The molecule has 0 radical (unpaired) electrons. The van der Waals surface area contributed by atoms with E-state index in [2.05, 4.69) is 20.2 Å². The Labute approximate surface area is 191 Å². The van der Waals surface area contributed by atoms with Crippen molar-refractivity contribution in [3.05, 3.63) is 32.4 Å². The molecule has 0 aliphatic carbocycles. The van der Waals surface area contributed by atoms with E-state index >= 15 is 0 Å². The topological polar surface area (TPSA) is 123 Å². The van der Waals surface area contributed by atoms with E-state index in [-0.39, 0.29) is 41.2 Å². The van der Waals surface area contributed by atoms with Gasteiger partial charge in [0.25, 0.3) is 0 Å². The van der Waals surface area contributed by atoms with Crippen molar-refractivity contribution in [2.75, 3.05) is 19.8 Å². The van der Waals surface area contributed by atoms with Gasteiger partial charge in [0.15, 0.2) is 10.8 Å². The number of halogens is 3. The maximum absolute atomic E-state index is 11.6. The van der Waals surface area contributed by atoms with Gasteiger partial charge in [-0.15, -0.1) is 16.7 Å². The first-order valence-corrected chi connectivity index (χ1v) is 10.7. The minimum atomic E-state index is -0.596. The smallest absolute Gasteiger partial charge is 0.352 e. The molecule has 4 rings (SSSR count). The lowest BCUT2D eigenvalue weighted by atomic mass is 10.1. The number of fused-ring (bicyclic) bond motifs is 1. The highest BCUT2D eigenvalue weighted by molar-refractivity contribution is 6.34. The molecule has 11 nitrogen and oxygen atoms in total. The van der Waals surface area contributed by atoms with Crippen molar-refractivity contribution in [3.63, 3.8) is 0 Å². The van der Waals surface area contributed by atoms with Gasteiger partial charge in [0.2, 0.25) is 5.28 Å². The summed E-state index contributed by atoms with van der Waals surface area (Å²) in [5, 5.41) is 20.4. The third kappa shape index (κ3) is 4.54. The van der Waals surface area contributed by atoms with Gasteiger partial charge in [-0.2, -0.15) is 10.1 Å². The average molecular weight is 491 g/mol. The fraction of sp³-hybridized carbons (Fsp3) is 0.529. The van der Waals surface area contributed by atoms with Crippen LogP contribution in [-0.4, -0.2) is 59.6 Å². The summed E-state index contributed by atoms with van der Waals surface area (Å²) in [5.41, 5.74) is 0.706. The van der Waals surface area contributed by atoms with E-state index in [4.69, 9.17) is 44.3 Å². The summed E-state index contributed by atoms with van der Waals surface area (Å²) in [6.07, 6.45) is 2.94. The molecule has 0 bridgehead atoms. The van der Waals surface area contributed by atoms with Crippen LogP contribution in [0.15, 0.2) is 6.20 Å². The van der Waals surface area contributed by atoms with Gasteiger partial charge in [0, 0.05) is 19.4 Å². The third-order valence-corrected chi connectivity index (χ3v) is 5.72. The number of alkyl halides is 1. The second-order valence-corrected chi connectivity index (χ2v) is 8.36. The summed E-state index contributed by atoms with van der Waals surface area (Å²) in [6.45, 7) is 2.99. The molecule has 0 amide bonds. The molecule has 1 atom stereocenters. The molecule has 0 N–H and O–H groups in total. The number of nitro groups is 1. The number of ether oxygens (including phenoxy) is 2. The highest BCUT2D eigenvalue weighted by Gasteiger charge is 2.31. The van der Waals surface area contributed by atoms with Gasteiger partial charge in [-0.3, -0.25) is 14.8 Å². The first-order valence-electron chi connectivity index (χ1n) is 9.47. The Morgan fingerprint density at radius 3 is 2.81 bits per heavy atom. The van der Waals surface area contributed by atoms with Gasteiger partial charge in [-0.25, -0.2) is 9.67 Å². The van der Waals surface area contributed by atoms with E-state index in [1.54, 1.807) is 11.6 Å². The van der Waals surface area contributed by atoms with Crippen molar-refractivity contribution < 1.29 is 14.4 Å². The zero-order valence-electron chi connectivity index (χ0n) is 16.4. The highest BCUT2D eigenvalue weighted by atomic mass is 35.5. The maximum atomic E-state index is 11.6. The average Bonchev–Trinajstić information content (AvgIpc) is 3.23. The second-order valence-electron chi connectivity index (χ2n) is 7.04. The quantitative estimate of drug-likeness (QED) is 0.213. The summed E-state index contributed by atoms with van der Waals surface area (Å²) >= 11 is 18.4. The number of hydrogen-bond acceptors (Lipinski definition) is 8. The zero-order valence-corrected chi connectivity index (χ0v) is 18.6. The first-order chi connectivity index (χ1) is 14.8. The van der Waals surface area contributed by atoms with Gasteiger partial charge in [0.05, 0.1) is 28.3 Å². The van der Waals surface area contributed by atoms with Crippen LogP contribution >= 0.6 is 34.8 Å². The summed E-state index contributed by atoms with van der Waals surface area (Å²) < 4.78 is 14.2. The third-order valence-electron chi connectivity index (χ3n) is 4.99. The molecule has 1 aliphatic rings. The van der Waals surface area contributed by atoms with Crippen molar-refractivity contribution >= 4 is 51.5 Å². The lowest BCUT2D eigenvalue weighted by Gasteiger charge is -2.22. The SMILES string of the molecule is Cc1c([N+](=O)[O-])c(OCC(Cl)Cn2nc(Cl)c3cnc(Cl)nc32)nn1C1CCOCC1. The van der Waals surface area contributed by atoms with Crippen LogP contribution in [0, 0.1) is 17.0 Å². The van der Waals surface area contributed by atoms with Crippen molar-refractivity contribution in [2.24, 2.45) is 0 Å². The van der Waals surface area contributed by atoms with Crippen LogP contribution in [0.4, 0.5) is 5.69 Å². The number of nitrogens with zero attached hydrogens (tertiary/aromatic N) is 7. The Bertz CT molecular complexity index is 1110. The van der Waals surface area contributed by atoms with E-state index < -0.39 is 10.3 Å². The van der Waals surface area contributed by atoms with E-state index in [1.165, 1.54) is 10.9 Å². The Hall–Kier alpha value is -2.21. The number of aromatic nitrogens is 6. The summed E-state index contributed by atoms with van der Waals surface area (Å²) in [6, 6.07) is 0.0265. The lowest BCUT2D eigenvalue weighted by molar-refractivity contribution is -0.386. The zero-order chi connectivity index (χ0) is 22.1. The largest absolute Gasteiger partial charge is 0.470 e. The van der Waals surface area contributed by atoms with Crippen molar-refractivity contribution in [3.8, 4) is 5.88 Å². The second kappa shape index (κ2) is 9.11. The van der Waals surface area contributed by atoms with E-state index in [9.17, 15) is 10.1 Å². The van der Waals surface area contributed by atoms with Crippen molar-refractivity contribution in [2.45, 2.75) is 37.7 Å². The molecular weight excluding hydrogens is 473 g/mol. The molecule has 0 aromatic carbocycles. The fourth-order valence-electron chi connectivity index (χ4n) is 3.51. The van der Waals surface area contributed by atoms with E-state index in [0.29, 0.717) is 29.9 Å². The number of rotatable bonds is 7. The molecule has 1 saturated heterocycles. The fourth-order valence-corrected chi connectivity index (χ4v) is 4.06. The Morgan fingerprint density at radius 2 is 2.10 bits per heavy atom. The maximum Gasteiger partial charge on any atom is 0.352 e. The normalized spacial score (nSPS) is 16.0. The first kappa shape index (κ1) is 22.0. The van der Waals surface area contributed by atoms with Gasteiger partial charge in [0.1, 0.15) is 12.3 Å². The minimum Gasteiger partial charge on any atom is -0.470 e. The highest BCUT2D eigenvalue weighted by Crippen LogP contribution is 2.34. The van der Waals surface area contributed by atoms with Gasteiger partial charge < -0.3 is 9.47 Å². The monoisotopic (exact) mass is 489 g/mol. The van der Waals surface area contributed by atoms with Crippen LogP contribution in [0.1, 0.15) is 24.6 Å². The molecule has 3 aromatic heterocycles. The Kier molecular flexibility index (Phi) is 6.47. The molecule has 1 unspecified atom stereocenters. The molecule has 3 aromatic rings. The molecule has 4 heterocycles.